The molecule has 2 N–H and O–H groups in total. The number of likely N-dealkylation sites (tertiary alicyclic amines) is 1. The molecule has 5 rings (SSSR count). The Morgan fingerprint density at radius 3 is 2.70 bits per heavy atom. The fourth-order valence-electron chi connectivity index (χ4n) is 5.22. The van der Waals surface area contributed by atoms with E-state index in [9.17, 15) is 9.90 Å². The minimum absolute atomic E-state index is 0.0187. The molecule has 5 nitrogen and oxygen atoms in total. The maximum absolute atomic E-state index is 13.2. The second kappa shape index (κ2) is 6.48. The van der Waals surface area contributed by atoms with Crippen molar-refractivity contribution < 1.29 is 9.90 Å². The molecule has 2 heterocycles. The average Bonchev–Trinajstić information content (AvgIpc) is 3.45. The van der Waals surface area contributed by atoms with E-state index >= 15 is 0 Å². The van der Waals surface area contributed by atoms with Crippen LogP contribution in [0.15, 0.2) is 36.4 Å². The number of amides is 1. The molecular formula is C22H27N3O2. The lowest BCUT2D eigenvalue weighted by molar-refractivity contribution is -0.110. The SMILES string of the molecule is O=C(c1cc(C2CC2)[nH]n1)N1CC[C@@](O)(c2ccccc2)[C@H]2CCCC[C@@H]21. The first kappa shape index (κ1) is 17.0. The van der Waals surface area contributed by atoms with Crippen molar-refractivity contribution in [3.8, 4) is 0 Å². The number of fused-ring (bicyclic) bond motifs is 1. The van der Waals surface area contributed by atoms with Gasteiger partial charge in [0.1, 0.15) is 5.69 Å². The van der Waals surface area contributed by atoms with Crippen LogP contribution in [0.25, 0.3) is 0 Å². The van der Waals surface area contributed by atoms with Gasteiger partial charge in [-0.3, -0.25) is 9.89 Å². The number of aromatic amines is 1. The highest BCUT2D eigenvalue weighted by atomic mass is 16.3. The summed E-state index contributed by atoms with van der Waals surface area (Å²) in [5, 5.41) is 19.0. The van der Waals surface area contributed by atoms with Crippen LogP contribution < -0.4 is 0 Å². The first-order valence-corrected chi connectivity index (χ1v) is 10.3. The summed E-state index contributed by atoms with van der Waals surface area (Å²) < 4.78 is 0. The van der Waals surface area contributed by atoms with Crippen LogP contribution in [-0.2, 0) is 5.60 Å². The molecule has 27 heavy (non-hydrogen) atoms. The maximum Gasteiger partial charge on any atom is 0.274 e. The van der Waals surface area contributed by atoms with Crippen LogP contribution >= 0.6 is 0 Å². The Labute approximate surface area is 159 Å². The quantitative estimate of drug-likeness (QED) is 0.873. The van der Waals surface area contributed by atoms with Crippen LogP contribution in [0.3, 0.4) is 0 Å². The summed E-state index contributed by atoms with van der Waals surface area (Å²) in [5.74, 6) is 0.671. The van der Waals surface area contributed by atoms with Crippen molar-refractivity contribution in [2.75, 3.05) is 6.54 Å². The Bertz CT molecular complexity index is 829. The van der Waals surface area contributed by atoms with E-state index in [-0.39, 0.29) is 17.9 Å². The van der Waals surface area contributed by atoms with Crippen molar-refractivity contribution in [3.05, 3.63) is 53.3 Å². The van der Waals surface area contributed by atoms with E-state index in [2.05, 4.69) is 10.2 Å². The summed E-state index contributed by atoms with van der Waals surface area (Å²) in [5.41, 5.74) is 1.78. The Morgan fingerprint density at radius 1 is 1.15 bits per heavy atom. The summed E-state index contributed by atoms with van der Waals surface area (Å²) in [6.07, 6.45) is 7.13. The molecule has 1 aromatic heterocycles. The van der Waals surface area contributed by atoms with E-state index in [1.807, 2.05) is 41.3 Å². The minimum atomic E-state index is -0.839. The third-order valence-electron chi connectivity index (χ3n) is 6.85. The molecule has 2 aromatic rings. The van der Waals surface area contributed by atoms with Gasteiger partial charge in [0.15, 0.2) is 0 Å². The van der Waals surface area contributed by atoms with Crippen LogP contribution in [0.1, 0.15) is 72.6 Å². The van der Waals surface area contributed by atoms with Crippen molar-refractivity contribution >= 4 is 5.91 Å². The molecule has 0 radical (unpaired) electrons. The Hall–Kier alpha value is -2.14. The standard InChI is InChI=1S/C22H27N3O2/c26-21(19-14-18(23-24-19)15-10-11-15)25-13-12-22(27,16-6-2-1-3-7-16)17-8-4-5-9-20(17)25/h1-3,6-7,14-15,17,20,27H,4-5,8-13H2,(H,23,24)/t17-,20-,22+/m0/s1. The number of rotatable bonds is 3. The number of hydrogen-bond acceptors (Lipinski definition) is 3. The number of H-pyrrole nitrogens is 1. The molecule has 2 saturated carbocycles. The van der Waals surface area contributed by atoms with Gasteiger partial charge in [0.25, 0.3) is 5.91 Å². The molecule has 0 spiro atoms. The fourth-order valence-corrected chi connectivity index (χ4v) is 5.22. The molecule has 142 valence electrons. The van der Waals surface area contributed by atoms with Crippen molar-refractivity contribution in [3.63, 3.8) is 0 Å². The molecule has 3 atom stereocenters. The second-order valence-corrected chi connectivity index (χ2v) is 8.48. The molecule has 0 bridgehead atoms. The normalized spacial score (nSPS) is 30.8. The summed E-state index contributed by atoms with van der Waals surface area (Å²) in [6, 6.07) is 12.1. The van der Waals surface area contributed by atoms with Crippen molar-refractivity contribution in [2.45, 2.75) is 62.5 Å². The molecule has 5 heteroatoms. The lowest BCUT2D eigenvalue weighted by Gasteiger charge is -2.52. The molecule has 1 aliphatic heterocycles. The number of hydrogen-bond donors (Lipinski definition) is 2. The molecular weight excluding hydrogens is 338 g/mol. The van der Waals surface area contributed by atoms with Gasteiger partial charge < -0.3 is 10.0 Å². The van der Waals surface area contributed by atoms with Gasteiger partial charge in [-0.1, -0.05) is 43.2 Å². The van der Waals surface area contributed by atoms with Gasteiger partial charge in [0.05, 0.1) is 5.60 Å². The number of aliphatic hydroxyl groups is 1. The van der Waals surface area contributed by atoms with Crippen LogP contribution in [0.4, 0.5) is 0 Å². The highest BCUT2D eigenvalue weighted by molar-refractivity contribution is 5.92. The number of nitrogens with zero attached hydrogens (tertiary/aromatic N) is 2. The first-order valence-electron chi connectivity index (χ1n) is 10.3. The third kappa shape index (κ3) is 2.89. The number of aromatic nitrogens is 2. The highest BCUT2D eigenvalue weighted by Crippen LogP contribution is 2.47. The molecule has 1 aromatic carbocycles. The lowest BCUT2D eigenvalue weighted by Crippen LogP contribution is -2.59. The minimum Gasteiger partial charge on any atom is -0.385 e. The van der Waals surface area contributed by atoms with E-state index in [4.69, 9.17) is 0 Å². The average molecular weight is 365 g/mol. The zero-order chi connectivity index (χ0) is 18.4. The predicted molar refractivity (Wildman–Crippen MR) is 102 cm³/mol. The van der Waals surface area contributed by atoms with Gasteiger partial charge >= 0.3 is 0 Å². The zero-order valence-corrected chi connectivity index (χ0v) is 15.6. The van der Waals surface area contributed by atoms with Gasteiger partial charge in [-0.25, -0.2) is 0 Å². The predicted octanol–water partition coefficient (Wildman–Crippen LogP) is 3.58. The van der Waals surface area contributed by atoms with E-state index < -0.39 is 5.60 Å². The van der Waals surface area contributed by atoms with E-state index in [1.165, 1.54) is 12.8 Å². The van der Waals surface area contributed by atoms with E-state index in [0.29, 0.717) is 24.6 Å². The summed E-state index contributed by atoms with van der Waals surface area (Å²) >= 11 is 0. The largest absolute Gasteiger partial charge is 0.385 e. The lowest BCUT2D eigenvalue weighted by atomic mass is 9.66. The number of carbonyl (C=O) groups excluding carboxylic acids is 1. The van der Waals surface area contributed by atoms with Gasteiger partial charge in [0.2, 0.25) is 0 Å². The molecule has 1 saturated heterocycles. The van der Waals surface area contributed by atoms with Gasteiger partial charge in [-0.2, -0.15) is 5.10 Å². The molecule has 0 unspecified atom stereocenters. The number of nitrogens with one attached hydrogen (secondary N) is 1. The van der Waals surface area contributed by atoms with E-state index in [0.717, 1.165) is 36.9 Å². The summed E-state index contributed by atoms with van der Waals surface area (Å²) in [7, 11) is 0. The van der Waals surface area contributed by atoms with Crippen LogP contribution in [0.5, 0.6) is 0 Å². The van der Waals surface area contributed by atoms with Crippen molar-refractivity contribution in [1.29, 1.82) is 0 Å². The van der Waals surface area contributed by atoms with Crippen LogP contribution in [-0.4, -0.2) is 38.7 Å². The number of carbonyl (C=O) groups is 1. The summed E-state index contributed by atoms with van der Waals surface area (Å²) in [6.45, 7) is 0.580. The Morgan fingerprint density at radius 2 is 1.93 bits per heavy atom. The van der Waals surface area contributed by atoms with Gasteiger partial charge in [-0.15, -0.1) is 0 Å². The van der Waals surface area contributed by atoms with Crippen molar-refractivity contribution in [1.82, 2.24) is 15.1 Å². The molecule has 3 aliphatic rings. The topological polar surface area (TPSA) is 69.2 Å². The monoisotopic (exact) mass is 365 g/mol. The van der Waals surface area contributed by atoms with E-state index in [1.54, 1.807) is 0 Å². The second-order valence-electron chi connectivity index (χ2n) is 8.48. The molecule has 2 aliphatic carbocycles. The van der Waals surface area contributed by atoms with Gasteiger partial charge in [-0.05, 0) is 43.7 Å². The third-order valence-corrected chi connectivity index (χ3v) is 6.85. The van der Waals surface area contributed by atoms with Gasteiger partial charge in [0, 0.05) is 30.1 Å². The Balaban J connectivity index is 1.43. The van der Waals surface area contributed by atoms with Crippen LogP contribution in [0, 0.1) is 5.92 Å². The Kier molecular flexibility index (Phi) is 4.08. The number of piperidine rings is 1. The molecule has 1 amide bonds. The summed E-state index contributed by atoms with van der Waals surface area (Å²) in [4.78, 5) is 15.2. The maximum atomic E-state index is 13.2. The smallest absolute Gasteiger partial charge is 0.274 e. The zero-order valence-electron chi connectivity index (χ0n) is 15.6. The molecule has 3 fully saturated rings. The van der Waals surface area contributed by atoms with Crippen LogP contribution in [0.2, 0.25) is 0 Å². The first-order chi connectivity index (χ1) is 13.2. The fraction of sp³-hybridized carbons (Fsp3) is 0.545. The van der Waals surface area contributed by atoms with Crippen molar-refractivity contribution in [2.24, 2.45) is 5.92 Å². The number of benzene rings is 1. The highest BCUT2D eigenvalue weighted by Gasteiger charge is 2.50.